The summed E-state index contributed by atoms with van der Waals surface area (Å²) in [6.07, 6.45) is 4.70. The van der Waals surface area contributed by atoms with Crippen molar-refractivity contribution in [3.05, 3.63) is 0 Å². The Morgan fingerprint density at radius 2 is 1.73 bits per heavy atom. The van der Waals surface area contributed by atoms with Crippen LogP contribution in [0, 0.1) is 0 Å². The molecule has 0 heterocycles. The minimum Gasteiger partial charge on any atom is -0.346 e. The van der Waals surface area contributed by atoms with Gasteiger partial charge in [0.15, 0.2) is 0 Å². The largest absolute Gasteiger partial charge is 0.346 e. The third-order valence-corrected chi connectivity index (χ3v) is 2.46. The van der Waals surface area contributed by atoms with E-state index in [0.717, 1.165) is 25.8 Å². The highest BCUT2D eigenvalue weighted by molar-refractivity contribution is 5.78. The summed E-state index contributed by atoms with van der Waals surface area (Å²) in [4.78, 5) is 24.1. The zero-order valence-electron chi connectivity index (χ0n) is 10.2. The molecule has 1 amide bonds. The highest BCUT2D eigenvalue weighted by atomic mass is 16.2. The Morgan fingerprint density at radius 1 is 1.07 bits per heavy atom. The molecule has 0 rings (SSSR count). The molecule has 0 aromatic heterocycles. The maximum Gasteiger partial charge on any atom is 0.222 e. The minimum atomic E-state index is 0.176. The van der Waals surface area contributed by atoms with Crippen molar-refractivity contribution in [3.8, 4) is 0 Å². The number of nitrogens with zero attached hydrogens (tertiary/aromatic N) is 1. The third-order valence-electron chi connectivity index (χ3n) is 2.46. The Labute approximate surface area is 92.8 Å². The first-order valence-electron chi connectivity index (χ1n) is 5.87. The number of carbonyl (C=O) groups is 2. The van der Waals surface area contributed by atoms with Crippen molar-refractivity contribution in [1.82, 2.24) is 4.90 Å². The van der Waals surface area contributed by atoms with Crippen molar-refractivity contribution in [1.29, 1.82) is 0 Å². The first-order valence-corrected chi connectivity index (χ1v) is 5.87. The highest BCUT2D eigenvalue weighted by Crippen LogP contribution is 2.03. The lowest BCUT2D eigenvalue weighted by atomic mass is 10.1. The minimum absolute atomic E-state index is 0.176. The second-order valence-electron chi connectivity index (χ2n) is 3.91. The Hall–Kier alpha value is -0.860. The lowest BCUT2D eigenvalue weighted by molar-refractivity contribution is -0.129. The summed E-state index contributed by atoms with van der Waals surface area (Å²) in [5, 5.41) is 0. The van der Waals surface area contributed by atoms with Gasteiger partial charge in [0.1, 0.15) is 5.78 Å². The van der Waals surface area contributed by atoms with Gasteiger partial charge >= 0.3 is 0 Å². The molecule has 0 N–H and O–H groups in total. The van der Waals surface area contributed by atoms with Gasteiger partial charge in [-0.2, -0.15) is 0 Å². The first-order chi connectivity index (χ1) is 7.11. The summed E-state index contributed by atoms with van der Waals surface area (Å²) < 4.78 is 0. The van der Waals surface area contributed by atoms with Gasteiger partial charge in [-0.05, 0) is 19.3 Å². The van der Waals surface area contributed by atoms with E-state index in [9.17, 15) is 9.59 Å². The van der Waals surface area contributed by atoms with E-state index in [2.05, 4.69) is 0 Å². The standard InChI is InChI=1S/C12H23NO2/c1-4-8-11(14)9-6-7-10-13(3)12(15)5-2/h4-10H2,1-3H3. The fourth-order valence-corrected chi connectivity index (χ4v) is 1.47. The van der Waals surface area contributed by atoms with Gasteiger partial charge in [-0.1, -0.05) is 13.8 Å². The Morgan fingerprint density at radius 3 is 2.27 bits per heavy atom. The van der Waals surface area contributed by atoms with Crippen molar-refractivity contribution in [2.45, 2.75) is 52.4 Å². The van der Waals surface area contributed by atoms with Gasteiger partial charge in [0.2, 0.25) is 5.91 Å². The summed E-state index contributed by atoms with van der Waals surface area (Å²) >= 11 is 0. The van der Waals surface area contributed by atoms with Gasteiger partial charge in [-0.3, -0.25) is 9.59 Å². The predicted molar refractivity (Wildman–Crippen MR) is 61.7 cm³/mol. The molecule has 0 fully saturated rings. The average molecular weight is 213 g/mol. The maximum atomic E-state index is 11.2. The molecule has 3 nitrogen and oxygen atoms in total. The van der Waals surface area contributed by atoms with E-state index in [4.69, 9.17) is 0 Å². The van der Waals surface area contributed by atoms with Crippen LogP contribution in [0.5, 0.6) is 0 Å². The number of hydrogen-bond acceptors (Lipinski definition) is 2. The molecule has 0 aliphatic rings. The van der Waals surface area contributed by atoms with Crippen LogP contribution in [0.15, 0.2) is 0 Å². The Balaban J connectivity index is 3.46. The molecule has 3 heteroatoms. The summed E-state index contributed by atoms with van der Waals surface area (Å²) in [6, 6.07) is 0. The van der Waals surface area contributed by atoms with Crippen LogP contribution in [0.4, 0.5) is 0 Å². The zero-order valence-corrected chi connectivity index (χ0v) is 10.2. The highest BCUT2D eigenvalue weighted by Gasteiger charge is 2.05. The number of Topliss-reactive ketones (excluding diaryl/α,β-unsaturated/α-hetero) is 1. The van der Waals surface area contributed by atoms with Crippen LogP contribution in [0.1, 0.15) is 52.4 Å². The van der Waals surface area contributed by atoms with Crippen LogP contribution in [0.25, 0.3) is 0 Å². The molecular formula is C12H23NO2. The fourth-order valence-electron chi connectivity index (χ4n) is 1.47. The molecule has 88 valence electrons. The van der Waals surface area contributed by atoms with Crippen molar-refractivity contribution in [2.75, 3.05) is 13.6 Å². The van der Waals surface area contributed by atoms with E-state index < -0.39 is 0 Å². The Bertz CT molecular complexity index is 202. The summed E-state index contributed by atoms with van der Waals surface area (Å²) in [5.41, 5.74) is 0. The number of hydrogen-bond donors (Lipinski definition) is 0. The molecule has 0 atom stereocenters. The second-order valence-corrected chi connectivity index (χ2v) is 3.91. The smallest absolute Gasteiger partial charge is 0.222 e. The molecule has 0 aromatic rings. The van der Waals surface area contributed by atoms with Crippen molar-refractivity contribution < 1.29 is 9.59 Å². The molecule has 0 unspecified atom stereocenters. The molecule has 15 heavy (non-hydrogen) atoms. The molecule has 0 saturated carbocycles. The quantitative estimate of drug-likeness (QED) is 0.581. The van der Waals surface area contributed by atoms with Gasteiger partial charge in [0.05, 0.1) is 0 Å². The SMILES string of the molecule is CCCC(=O)CCCCN(C)C(=O)CC. The lowest BCUT2D eigenvalue weighted by Crippen LogP contribution is -2.26. The first kappa shape index (κ1) is 14.1. The number of ketones is 1. The summed E-state index contributed by atoms with van der Waals surface area (Å²) in [7, 11) is 1.82. The molecule has 0 spiro atoms. The molecule has 0 radical (unpaired) electrons. The fraction of sp³-hybridized carbons (Fsp3) is 0.833. The summed E-state index contributed by atoms with van der Waals surface area (Å²) in [6.45, 7) is 4.65. The number of carbonyl (C=O) groups excluding carboxylic acids is 2. The van der Waals surface area contributed by atoms with Gasteiger partial charge in [0.25, 0.3) is 0 Å². The zero-order chi connectivity index (χ0) is 11.7. The molecule has 0 aliphatic heterocycles. The Kier molecular flexibility index (Phi) is 7.96. The van der Waals surface area contributed by atoms with Crippen LogP contribution in [-0.2, 0) is 9.59 Å². The van der Waals surface area contributed by atoms with Crippen molar-refractivity contribution in [3.63, 3.8) is 0 Å². The van der Waals surface area contributed by atoms with Crippen molar-refractivity contribution >= 4 is 11.7 Å². The average Bonchev–Trinajstić information content (AvgIpc) is 2.23. The van der Waals surface area contributed by atoms with Crippen LogP contribution in [-0.4, -0.2) is 30.2 Å². The molecule has 0 saturated heterocycles. The van der Waals surface area contributed by atoms with Crippen LogP contribution in [0.2, 0.25) is 0 Å². The van der Waals surface area contributed by atoms with Crippen molar-refractivity contribution in [2.24, 2.45) is 0 Å². The molecule has 0 aliphatic carbocycles. The van der Waals surface area contributed by atoms with E-state index in [0.29, 0.717) is 25.0 Å². The van der Waals surface area contributed by atoms with E-state index in [1.54, 1.807) is 4.90 Å². The van der Waals surface area contributed by atoms with E-state index >= 15 is 0 Å². The van der Waals surface area contributed by atoms with Gasteiger partial charge in [0, 0.05) is 32.9 Å². The van der Waals surface area contributed by atoms with Gasteiger partial charge < -0.3 is 4.90 Å². The van der Waals surface area contributed by atoms with Crippen LogP contribution >= 0.6 is 0 Å². The van der Waals surface area contributed by atoms with E-state index in [1.165, 1.54) is 0 Å². The maximum absolute atomic E-state index is 11.2. The topological polar surface area (TPSA) is 37.4 Å². The van der Waals surface area contributed by atoms with Gasteiger partial charge in [-0.25, -0.2) is 0 Å². The number of unbranched alkanes of at least 4 members (excludes halogenated alkanes) is 1. The molecule has 0 bridgehead atoms. The second kappa shape index (κ2) is 8.45. The molecular weight excluding hydrogens is 190 g/mol. The summed E-state index contributed by atoms with van der Waals surface area (Å²) in [5.74, 6) is 0.525. The third kappa shape index (κ3) is 7.11. The van der Waals surface area contributed by atoms with Crippen LogP contribution in [0.3, 0.4) is 0 Å². The van der Waals surface area contributed by atoms with Crippen LogP contribution < -0.4 is 0 Å². The van der Waals surface area contributed by atoms with E-state index in [1.807, 2.05) is 20.9 Å². The predicted octanol–water partition coefficient (Wildman–Crippen LogP) is 2.39. The number of rotatable bonds is 8. The normalized spacial score (nSPS) is 10.1. The van der Waals surface area contributed by atoms with Gasteiger partial charge in [-0.15, -0.1) is 0 Å². The number of amides is 1. The monoisotopic (exact) mass is 213 g/mol. The lowest BCUT2D eigenvalue weighted by Gasteiger charge is -2.15. The molecule has 0 aromatic carbocycles. The van der Waals surface area contributed by atoms with E-state index in [-0.39, 0.29) is 5.91 Å².